The van der Waals surface area contributed by atoms with Gasteiger partial charge in [0.15, 0.2) is 5.43 Å². The lowest BCUT2D eigenvalue weighted by Gasteiger charge is -2.22. The van der Waals surface area contributed by atoms with Crippen molar-refractivity contribution in [2.45, 2.75) is 26.3 Å². The lowest BCUT2D eigenvalue weighted by atomic mass is 9.98. The number of ether oxygens (including phenoxy) is 1. The summed E-state index contributed by atoms with van der Waals surface area (Å²) in [5.74, 6) is 0.319. The van der Waals surface area contributed by atoms with Gasteiger partial charge < -0.3 is 9.15 Å². The van der Waals surface area contributed by atoms with E-state index in [0.29, 0.717) is 34.0 Å². The molecule has 1 aliphatic heterocycles. The molecule has 5 rings (SSSR count). The Morgan fingerprint density at radius 2 is 1.97 bits per heavy atom. The van der Waals surface area contributed by atoms with Crippen LogP contribution in [-0.2, 0) is 0 Å². The number of para-hydroxylation sites is 1. The van der Waals surface area contributed by atoms with Crippen molar-refractivity contribution in [2.24, 2.45) is 0 Å². The van der Waals surface area contributed by atoms with Gasteiger partial charge in [0.1, 0.15) is 16.3 Å². The Kier molecular flexibility index (Phi) is 4.78. The average Bonchev–Trinajstić information content (AvgIpc) is 3.33. The summed E-state index contributed by atoms with van der Waals surface area (Å²) in [7, 11) is 0. The van der Waals surface area contributed by atoms with Gasteiger partial charge in [0.05, 0.1) is 23.6 Å². The summed E-state index contributed by atoms with van der Waals surface area (Å²) < 4.78 is 11.7. The van der Waals surface area contributed by atoms with Gasteiger partial charge in [0.2, 0.25) is 10.9 Å². The third-order valence-corrected chi connectivity index (χ3v) is 5.98. The molecule has 31 heavy (non-hydrogen) atoms. The highest BCUT2D eigenvalue weighted by Gasteiger charge is 2.45. The molecule has 2 aromatic carbocycles. The number of rotatable bonds is 5. The van der Waals surface area contributed by atoms with E-state index in [1.165, 1.54) is 16.2 Å². The van der Waals surface area contributed by atoms with Gasteiger partial charge in [0, 0.05) is 0 Å². The molecule has 2 aromatic heterocycles. The zero-order valence-electron chi connectivity index (χ0n) is 17.0. The molecular weight excluding hydrogens is 414 g/mol. The SMILES string of the molecule is CCCOc1cccc([C@@H]2c3c(oc4ccccc4c3=O)C(=O)N2c2nnc(C)s2)c1. The Morgan fingerprint density at radius 1 is 1.13 bits per heavy atom. The predicted octanol–water partition coefficient (Wildman–Crippen LogP) is 4.49. The van der Waals surface area contributed by atoms with Crippen LogP contribution in [0.3, 0.4) is 0 Å². The number of anilines is 1. The number of aryl methyl sites for hydroxylation is 1. The van der Waals surface area contributed by atoms with E-state index in [9.17, 15) is 9.59 Å². The summed E-state index contributed by atoms with van der Waals surface area (Å²) in [4.78, 5) is 28.4. The molecule has 8 heteroatoms. The number of fused-ring (bicyclic) bond motifs is 2. The Hall–Kier alpha value is -3.52. The van der Waals surface area contributed by atoms with Gasteiger partial charge >= 0.3 is 0 Å². The smallest absolute Gasteiger partial charge is 0.297 e. The van der Waals surface area contributed by atoms with Crippen molar-refractivity contribution in [2.75, 3.05) is 11.5 Å². The fourth-order valence-electron chi connectivity index (χ4n) is 3.81. The number of benzene rings is 2. The molecule has 0 fully saturated rings. The van der Waals surface area contributed by atoms with Gasteiger partial charge in [-0.1, -0.05) is 42.5 Å². The van der Waals surface area contributed by atoms with Crippen molar-refractivity contribution in [3.63, 3.8) is 0 Å². The monoisotopic (exact) mass is 433 g/mol. The number of hydrogen-bond acceptors (Lipinski definition) is 7. The van der Waals surface area contributed by atoms with Crippen LogP contribution >= 0.6 is 11.3 Å². The van der Waals surface area contributed by atoms with Crippen LogP contribution in [0, 0.1) is 6.92 Å². The zero-order valence-corrected chi connectivity index (χ0v) is 17.8. The van der Waals surface area contributed by atoms with Crippen LogP contribution in [0.15, 0.2) is 57.7 Å². The molecule has 1 atom stereocenters. The maximum absolute atomic E-state index is 13.5. The standard InChI is InChI=1S/C23H19N3O4S/c1-3-11-29-15-8-6-7-14(12-15)19-18-20(27)16-9-4-5-10-17(16)30-21(18)22(28)26(19)23-25-24-13(2)31-23/h4-10,12,19H,3,11H2,1-2H3/t19-/m1/s1. The minimum absolute atomic E-state index is 0.0430. The number of aromatic nitrogens is 2. The fraction of sp³-hybridized carbons (Fsp3) is 0.217. The molecule has 4 aromatic rings. The van der Waals surface area contributed by atoms with E-state index in [4.69, 9.17) is 9.15 Å². The minimum atomic E-state index is -0.680. The van der Waals surface area contributed by atoms with E-state index in [1.807, 2.05) is 38.1 Å². The van der Waals surface area contributed by atoms with Crippen LogP contribution in [0.1, 0.15) is 46.1 Å². The summed E-state index contributed by atoms with van der Waals surface area (Å²) in [6, 6.07) is 13.7. The highest BCUT2D eigenvalue weighted by atomic mass is 32.1. The highest BCUT2D eigenvalue weighted by Crippen LogP contribution is 2.42. The Balaban J connectivity index is 1.75. The molecule has 0 spiro atoms. The molecule has 0 aliphatic carbocycles. The summed E-state index contributed by atoms with van der Waals surface area (Å²) in [5, 5.41) is 9.82. The van der Waals surface area contributed by atoms with E-state index in [2.05, 4.69) is 10.2 Å². The molecule has 156 valence electrons. The first-order valence-corrected chi connectivity index (χ1v) is 10.8. The molecule has 0 bridgehead atoms. The third-order valence-electron chi connectivity index (χ3n) is 5.15. The van der Waals surface area contributed by atoms with Gasteiger partial charge in [-0.15, -0.1) is 10.2 Å². The van der Waals surface area contributed by atoms with Gasteiger partial charge in [-0.2, -0.15) is 0 Å². The van der Waals surface area contributed by atoms with Crippen LogP contribution < -0.4 is 15.1 Å². The molecule has 0 radical (unpaired) electrons. The Bertz CT molecular complexity index is 1360. The fourth-order valence-corrected chi connectivity index (χ4v) is 4.52. The van der Waals surface area contributed by atoms with Crippen LogP contribution in [0.2, 0.25) is 0 Å². The number of amides is 1. The lowest BCUT2D eigenvalue weighted by Crippen LogP contribution is -2.29. The molecular formula is C23H19N3O4S. The Labute approximate surface area is 181 Å². The highest BCUT2D eigenvalue weighted by molar-refractivity contribution is 7.15. The quantitative estimate of drug-likeness (QED) is 0.461. The third kappa shape index (κ3) is 3.19. The summed E-state index contributed by atoms with van der Waals surface area (Å²) in [6.07, 6.45) is 0.876. The van der Waals surface area contributed by atoms with Crippen molar-refractivity contribution < 1.29 is 13.9 Å². The first-order chi connectivity index (χ1) is 15.1. The molecule has 1 amide bonds. The van der Waals surface area contributed by atoms with E-state index in [1.54, 1.807) is 24.3 Å². The number of carbonyl (C=O) groups excluding carboxylic acids is 1. The number of carbonyl (C=O) groups is 1. The molecule has 7 nitrogen and oxygen atoms in total. The molecule has 3 heterocycles. The van der Waals surface area contributed by atoms with Crippen molar-refractivity contribution in [3.8, 4) is 5.75 Å². The normalized spacial score (nSPS) is 15.5. The second-order valence-electron chi connectivity index (χ2n) is 7.27. The maximum atomic E-state index is 13.5. The predicted molar refractivity (Wildman–Crippen MR) is 118 cm³/mol. The van der Waals surface area contributed by atoms with E-state index in [0.717, 1.165) is 17.0 Å². The van der Waals surface area contributed by atoms with Crippen LogP contribution in [0.25, 0.3) is 11.0 Å². The molecule has 0 N–H and O–H groups in total. The van der Waals surface area contributed by atoms with E-state index >= 15 is 0 Å². The van der Waals surface area contributed by atoms with Crippen molar-refractivity contribution >= 4 is 33.3 Å². The van der Waals surface area contributed by atoms with Crippen LogP contribution in [0.5, 0.6) is 5.75 Å². The van der Waals surface area contributed by atoms with Crippen molar-refractivity contribution in [1.82, 2.24) is 10.2 Å². The minimum Gasteiger partial charge on any atom is -0.494 e. The van der Waals surface area contributed by atoms with Crippen LogP contribution in [-0.4, -0.2) is 22.7 Å². The second-order valence-corrected chi connectivity index (χ2v) is 8.43. The largest absolute Gasteiger partial charge is 0.494 e. The molecule has 1 aliphatic rings. The van der Waals surface area contributed by atoms with Crippen molar-refractivity contribution in [1.29, 1.82) is 0 Å². The lowest BCUT2D eigenvalue weighted by molar-refractivity contribution is 0.0970. The van der Waals surface area contributed by atoms with E-state index < -0.39 is 11.9 Å². The van der Waals surface area contributed by atoms with Gasteiger partial charge in [-0.25, -0.2) is 0 Å². The van der Waals surface area contributed by atoms with Gasteiger partial charge in [-0.3, -0.25) is 14.5 Å². The van der Waals surface area contributed by atoms with Gasteiger partial charge in [0.25, 0.3) is 5.91 Å². The number of hydrogen-bond donors (Lipinski definition) is 0. The van der Waals surface area contributed by atoms with Crippen molar-refractivity contribution in [3.05, 3.63) is 80.6 Å². The molecule has 0 saturated carbocycles. The number of nitrogens with zero attached hydrogens (tertiary/aromatic N) is 3. The van der Waals surface area contributed by atoms with E-state index in [-0.39, 0.29) is 11.2 Å². The zero-order chi connectivity index (χ0) is 21.5. The Morgan fingerprint density at radius 3 is 2.74 bits per heavy atom. The molecule has 0 unspecified atom stereocenters. The summed E-state index contributed by atoms with van der Waals surface area (Å²) >= 11 is 1.29. The summed E-state index contributed by atoms with van der Waals surface area (Å²) in [5.41, 5.74) is 1.22. The maximum Gasteiger partial charge on any atom is 0.297 e. The average molecular weight is 433 g/mol. The van der Waals surface area contributed by atoms with Crippen LogP contribution in [0.4, 0.5) is 5.13 Å². The first kappa shape index (κ1) is 19.4. The van der Waals surface area contributed by atoms with Gasteiger partial charge in [-0.05, 0) is 43.2 Å². The topological polar surface area (TPSA) is 85.5 Å². The molecule has 0 saturated heterocycles. The summed E-state index contributed by atoms with van der Waals surface area (Å²) in [6.45, 7) is 4.43. The second kappa shape index (κ2) is 7.63. The first-order valence-electron chi connectivity index (χ1n) is 10.0.